The fourth-order valence-electron chi connectivity index (χ4n) is 6.35. The highest BCUT2D eigenvalue weighted by atomic mass is 16.2. The van der Waals surface area contributed by atoms with Gasteiger partial charge in [-0.2, -0.15) is 0 Å². The molecule has 0 saturated heterocycles. The third-order valence-electron chi connectivity index (χ3n) is 9.14. The minimum absolute atomic E-state index is 0.0515. The summed E-state index contributed by atoms with van der Waals surface area (Å²) in [5.74, 6) is 0.469. The van der Waals surface area contributed by atoms with E-state index in [0.717, 1.165) is 64.1 Å². The number of para-hydroxylation sites is 2. The van der Waals surface area contributed by atoms with Gasteiger partial charge >= 0.3 is 0 Å². The lowest BCUT2D eigenvalue weighted by Crippen LogP contribution is -2.31. The molecule has 0 bridgehead atoms. The molecule has 0 atom stereocenters. The lowest BCUT2D eigenvalue weighted by Gasteiger charge is -2.15. The van der Waals surface area contributed by atoms with Crippen molar-refractivity contribution in [3.8, 4) is 0 Å². The number of anilines is 2. The minimum atomic E-state index is 0.0515. The molecule has 0 saturated carbocycles. The van der Waals surface area contributed by atoms with Crippen molar-refractivity contribution in [3.63, 3.8) is 0 Å². The Morgan fingerprint density at radius 3 is 1.53 bits per heavy atom. The quantitative estimate of drug-likeness (QED) is 0.144. The standard InChI is InChI=1S/3C9H9NO.2C8H7NO/c11-9-5-7-3-1-2-4-8(7)6-10-9;11-9-8-4-2-1-3-7(8)5-6-10-9;11-9-6-5-7-3-1-2-4-8(7)10-9;10-8-7-4-2-1-3-6(7)5-9-8;10-8-5-6-3-1-2-4-7(6)9-8/h3*1-4H,5-6H2,(H,10,11);2*1-4H,5H2,(H,9,10). The van der Waals surface area contributed by atoms with Crippen LogP contribution in [0.25, 0.3) is 0 Å². The lowest BCUT2D eigenvalue weighted by molar-refractivity contribution is -0.121. The van der Waals surface area contributed by atoms with E-state index in [0.29, 0.717) is 32.4 Å². The number of carbonyl (C=O) groups excluding carboxylic acids is 5. The molecule has 5 aromatic rings. The van der Waals surface area contributed by atoms with E-state index in [4.69, 9.17) is 0 Å². The first kappa shape index (κ1) is 36.2. The lowest BCUT2D eigenvalue weighted by atomic mass is 10.0. The van der Waals surface area contributed by atoms with Gasteiger partial charge in [-0.3, -0.25) is 24.0 Å². The predicted molar refractivity (Wildman–Crippen MR) is 204 cm³/mol. The molecule has 0 unspecified atom stereocenters. The minimum Gasteiger partial charge on any atom is -0.352 e. The van der Waals surface area contributed by atoms with Crippen LogP contribution in [0.4, 0.5) is 11.4 Å². The number of nitrogens with one attached hydrogen (secondary N) is 5. The molecule has 5 aromatic carbocycles. The number of amides is 5. The van der Waals surface area contributed by atoms with Gasteiger partial charge in [-0.05, 0) is 70.5 Å². The molecule has 5 aliphatic heterocycles. The van der Waals surface area contributed by atoms with E-state index in [1.165, 1.54) is 11.1 Å². The third kappa shape index (κ3) is 9.83. The van der Waals surface area contributed by atoms with Crippen LogP contribution in [-0.4, -0.2) is 36.1 Å². The molecule has 0 aliphatic carbocycles. The van der Waals surface area contributed by atoms with E-state index >= 15 is 0 Å². The molecule has 0 spiro atoms. The molecule has 5 amide bonds. The number of rotatable bonds is 0. The van der Waals surface area contributed by atoms with Gasteiger partial charge < -0.3 is 26.6 Å². The Balaban J connectivity index is 0.000000113. The maximum atomic E-state index is 11.2. The van der Waals surface area contributed by atoms with Crippen molar-refractivity contribution in [1.82, 2.24) is 16.0 Å². The summed E-state index contributed by atoms with van der Waals surface area (Å²) in [6, 6.07) is 39.1. The highest BCUT2D eigenvalue weighted by Crippen LogP contribution is 2.22. The highest BCUT2D eigenvalue weighted by Gasteiger charge is 2.18. The van der Waals surface area contributed by atoms with Crippen molar-refractivity contribution < 1.29 is 24.0 Å². The zero-order chi connectivity index (χ0) is 37.0. The van der Waals surface area contributed by atoms with Crippen LogP contribution in [0.2, 0.25) is 0 Å². The summed E-state index contributed by atoms with van der Waals surface area (Å²) in [7, 11) is 0. The van der Waals surface area contributed by atoms with E-state index in [2.05, 4.69) is 38.7 Å². The van der Waals surface area contributed by atoms with Crippen LogP contribution < -0.4 is 26.6 Å². The van der Waals surface area contributed by atoms with Crippen molar-refractivity contribution in [2.24, 2.45) is 0 Å². The van der Waals surface area contributed by atoms with Crippen LogP contribution >= 0.6 is 0 Å². The molecule has 0 radical (unpaired) electrons. The second kappa shape index (κ2) is 17.6. The van der Waals surface area contributed by atoms with Gasteiger partial charge in [-0.15, -0.1) is 0 Å². The second-order valence-corrected chi connectivity index (χ2v) is 12.8. The maximum Gasteiger partial charge on any atom is 0.251 e. The molecule has 10 heteroatoms. The summed E-state index contributed by atoms with van der Waals surface area (Å²) in [4.78, 5) is 54.7. The van der Waals surface area contributed by atoms with Gasteiger partial charge in [0.25, 0.3) is 11.8 Å². The first-order valence-corrected chi connectivity index (χ1v) is 17.7. The van der Waals surface area contributed by atoms with Crippen LogP contribution in [0.15, 0.2) is 121 Å². The average molecular weight is 708 g/mol. The van der Waals surface area contributed by atoms with E-state index in [1.54, 1.807) is 0 Å². The monoisotopic (exact) mass is 707 g/mol. The first-order valence-electron chi connectivity index (χ1n) is 17.7. The van der Waals surface area contributed by atoms with E-state index < -0.39 is 0 Å². The Labute approximate surface area is 308 Å². The van der Waals surface area contributed by atoms with E-state index in [9.17, 15) is 24.0 Å². The third-order valence-corrected chi connectivity index (χ3v) is 9.14. The van der Waals surface area contributed by atoms with Crippen molar-refractivity contribution in [2.45, 2.75) is 45.2 Å². The van der Waals surface area contributed by atoms with Crippen molar-refractivity contribution in [2.75, 3.05) is 17.2 Å². The van der Waals surface area contributed by atoms with Gasteiger partial charge in [0.2, 0.25) is 17.7 Å². The summed E-state index contributed by atoms with van der Waals surface area (Å²) in [6.07, 6.45) is 3.53. The van der Waals surface area contributed by atoms with Crippen LogP contribution in [0.3, 0.4) is 0 Å². The molecule has 0 aromatic heterocycles. The predicted octanol–water partition coefficient (Wildman–Crippen LogP) is 5.51. The molecule has 53 heavy (non-hydrogen) atoms. The largest absolute Gasteiger partial charge is 0.352 e. The molecule has 5 N–H and O–H groups in total. The number of aryl methyl sites for hydroxylation is 1. The summed E-state index contributed by atoms with van der Waals surface area (Å²) in [5, 5.41) is 13.9. The van der Waals surface area contributed by atoms with Crippen molar-refractivity contribution >= 4 is 40.9 Å². The molecule has 5 heterocycles. The normalized spacial score (nSPS) is 15.1. The average Bonchev–Trinajstić information content (AvgIpc) is 3.77. The van der Waals surface area contributed by atoms with Crippen LogP contribution in [0.1, 0.15) is 60.5 Å². The Morgan fingerprint density at radius 1 is 0.358 bits per heavy atom. The number of fused-ring (bicyclic) bond motifs is 5. The fraction of sp³-hybridized carbons (Fsp3) is 0.186. The first-order chi connectivity index (χ1) is 25.8. The Hall–Kier alpha value is -6.55. The Kier molecular flexibility index (Phi) is 12.0. The number of hydrogen-bond acceptors (Lipinski definition) is 5. The van der Waals surface area contributed by atoms with Crippen molar-refractivity contribution in [1.29, 1.82) is 0 Å². The summed E-state index contributed by atoms with van der Waals surface area (Å²) in [6.45, 7) is 2.15. The Bertz CT molecular complexity index is 2060. The topological polar surface area (TPSA) is 146 Å². The van der Waals surface area contributed by atoms with E-state index in [1.807, 2.05) is 109 Å². The van der Waals surface area contributed by atoms with Crippen molar-refractivity contribution in [3.05, 3.63) is 166 Å². The maximum absolute atomic E-state index is 11.2. The highest BCUT2D eigenvalue weighted by molar-refractivity contribution is 5.99. The molecule has 5 aliphatic rings. The smallest absolute Gasteiger partial charge is 0.251 e. The van der Waals surface area contributed by atoms with Gasteiger partial charge in [-0.1, -0.05) is 97.1 Å². The molecule has 10 rings (SSSR count). The zero-order valence-electron chi connectivity index (χ0n) is 29.2. The molecule has 268 valence electrons. The van der Waals surface area contributed by atoms with Gasteiger partial charge in [0.1, 0.15) is 0 Å². The fourth-order valence-corrected chi connectivity index (χ4v) is 6.35. The Morgan fingerprint density at radius 2 is 0.849 bits per heavy atom. The number of hydrogen-bond donors (Lipinski definition) is 5. The molecule has 0 fully saturated rings. The molecule has 10 nitrogen and oxygen atoms in total. The van der Waals surface area contributed by atoms with Gasteiger partial charge in [0, 0.05) is 48.6 Å². The summed E-state index contributed by atoms with van der Waals surface area (Å²) >= 11 is 0. The summed E-state index contributed by atoms with van der Waals surface area (Å²) < 4.78 is 0. The second-order valence-electron chi connectivity index (χ2n) is 12.8. The number of carbonyl (C=O) groups is 5. The summed E-state index contributed by atoms with van der Waals surface area (Å²) in [5.41, 5.74) is 10.6. The molecular formula is C43H41N5O5. The van der Waals surface area contributed by atoms with Crippen LogP contribution in [0, 0.1) is 0 Å². The molecular weight excluding hydrogens is 667 g/mol. The van der Waals surface area contributed by atoms with E-state index in [-0.39, 0.29) is 29.5 Å². The van der Waals surface area contributed by atoms with Gasteiger partial charge in [-0.25, -0.2) is 0 Å². The van der Waals surface area contributed by atoms with Gasteiger partial charge in [0.05, 0.1) is 12.8 Å². The number of benzene rings is 5. The SMILES string of the molecule is O=C1CCc2ccccc2N1.O=C1Cc2ccccc2CN1.O=C1Cc2ccccc2N1.O=C1NCCc2ccccc21.O=C1NCc2ccccc21. The zero-order valence-corrected chi connectivity index (χ0v) is 29.2. The van der Waals surface area contributed by atoms with Gasteiger partial charge in [0.15, 0.2) is 0 Å². The van der Waals surface area contributed by atoms with Crippen LogP contribution in [-0.2, 0) is 53.2 Å². The van der Waals surface area contributed by atoms with Crippen LogP contribution in [0.5, 0.6) is 0 Å².